The lowest BCUT2D eigenvalue weighted by Gasteiger charge is -2.12. The van der Waals surface area contributed by atoms with Crippen molar-refractivity contribution in [3.05, 3.63) is 29.8 Å². The zero-order valence-electron chi connectivity index (χ0n) is 11.9. The molecular weight excluding hydrogens is 293 g/mol. The highest BCUT2D eigenvalue weighted by Crippen LogP contribution is 2.18. The van der Waals surface area contributed by atoms with Crippen molar-refractivity contribution in [1.29, 1.82) is 5.41 Å². The van der Waals surface area contributed by atoms with Gasteiger partial charge in [-0.25, -0.2) is 9.18 Å². The summed E-state index contributed by atoms with van der Waals surface area (Å²) in [6.07, 6.45) is 0.218. The smallest absolute Gasteiger partial charge is 0.349 e. The Kier molecular flexibility index (Phi) is 7.01. The van der Waals surface area contributed by atoms with E-state index in [-0.39, 0.29) is 25.9 Å². The molecule has 0 spiro atoms. The Morgan fingerprint density at radius 1 is 1.23 bits per heavy atom. The summed E-state index contributed by atoms with van der Waals surface area (Å²) in [5, 5.41) is 25.0. The van der Waals surface area contributed by atoms with E-state index in [0.29, 0.717) is 5.75 Å². The molecule has 0 aliphatic heterocycles. The Morgan fingerprint density at radius 2 is 1.86 bits per heavy atom. The average Bonchev–Trinajstić information content (AvgIpc) is 2.49. The second kappa shape index (κ2) is 8.76. The van der Waals surface area contributed by atoms with Gasteiger partial charge in [-0.2, -0.15) is 0 Å². The number of aliphatic carboxylic acids is 2. The van der Waals surface area contributed by atoms with Gasteiger partial charge in [-0.1, -0.05) is 12.1 Å². The molecule has 1 aromatic rings. The van der Waals surface area contributed by atoms with Crippen LogP contribution in [0.15, 0.2) is 24.3 Å². The van der Waals surface area contributed by atoms with Crippen molar-refractivity contribution in [2.24, 2.45) is 5.92 Å². The second-order valence-corrected chi connectivity index (χ2v) is 4.74. The molecule has 0 radical (unpaired) electrons. The molecule has 22 heavy (non-hydrogen) atoms. The number of carboxylic acid groups (broad SMARTS) is 2. The first kappa shape index (κ1) is 17.6. The molecule has 120 valence electrons. The molecule has 0 amide bonds. The molecule has 0 aromatic heterocycles. The molecule has 0 bridgehead atoms. The first-order valence-electron chi connectivity index (χ1n) is 6.75. The van der Waals surface area contributed by atoms with Crippen LogP contribution in [0.4, 0.5) is 4.39 Å². The summed E-state index contributed by atoms with van der Waals surface area (Å²) in [6, 6.07) is 6.63. The SMILES string of the molecule is N=C(CC[C@@H](Cc1ccc(OCCF)cc1)C(=O)O)C(=O)O. The molecule has 0 aliphatic carbocycles. The number of alkyl halides is 1. The van der Waals surface area contributed by atoms with Gasteiger partial charge in [0.1, 0.15) is 24.7 Å². The third-order valence-electron chi connectivity index (χ3n) is 3.10. The number of hydrogen-bond acceptors (Lipinski definition) is 4. The molecule has 3 N–H and O–H groups in total. The summed E-state index contributed by atoms with van der Waals surface area (Å²) in [4.78, 5) is 21.8. The van der Waals surface area contributed by atoms with Gasteiger partial charge in [0.2, 0.25) is 0 Å². The maximum Gasteiger partial charge on any atom is 0.349 e. The third-order valence-corrected chi connectivity index (χ3v) is 3.10. The highest BCUT2D eigenvalue weighted by molar-refractivity contribution is 6.34. The summed E-state index contributed by atoms with van der Waals surface area (Å²) < 4.78 is 17.1. The predicted molar refractivity (Wildman–Crippen MR) is 77.3 cm³/mol. The largest absolute Gasteiger partial charge is 0.491 e. The van der Waals surface area contributed by atoms with E-state index >= 15 is 0 Å². The zero-order valence-corrected chi connectivity index (χ0v) is 11.9. The summed E-state index contributed by atoms with van der Waals surface area (Å²) in [6.45, 7) is -0.618. The molecule has 0 aliphatic rings. The fourth-order valence-electron chi connectivity index (χ4n) is 1.90. The monoisotopic (exact) mass is 311 g/mol. The van der Waals surface area contributed by atoms with Crippen LogP contribution in [0, 0.1) is 11.3 Å². The van der Waals surface area contributed by atoms with Crippen LogP contribution >= 0.6 is 0 Å². The summed E-state index contributed by atoms with van der Waals surface area (Å²) in [5.74, 6) is -2.63. The first-order valence-corrected chi connectivity index (χ1v) is 6.75. The Labute approximate surface area is 127 Å². The van der Waals surface area contributed by atoms with Crippen molar-refractivity contribution in [3.8, 4) is 5.75 Å². The van der Waals surface area contributed by atoms with Crippen molar-refractivity contribution in [3.63, 3.8) is 0 Å². The number of halogens is 1. The van der Waals surface area contributed by atoms with E-state index < -0.39 is 30.2 Å². The summed E-state index contributed by atoms with van der Waals surface area (Å²) in [5.41, 5.74) is 0.253. The summed E-state index contributed by atoms with van der Waals surface area (Å²) in [7, 11) is 0. The minimum absolute atomic E-state index is 0.0333. The van der Waals surface area contributed by atoms with Crippen LogP contribution in [-0.4, -0.2) is 41.1 Å². The fraction of sp³-hybridized carbons (Fsp3) is 0.400. The van der Waals surface area contributed by atoms with Gasteiger partial charge in [0, 0.05) is 0 Å². The molecule has 0 saturated heterocycles. The molecule has 7 heteroatoms. The van der Waals surface area contributed by atoms with Crippen molar-refractivity contribution in [2.45, 2.75) is 19.3 Å². The van der Waals surface area contributed by atoms with E-state index in [9.17, 15) is 19.1 Å². The first-order chi connectivity index (χ1) is 10.4. The molecular formula is C15H18FNO5. The Hall–Kier alpha value is -2.44. The van der Waals surface area contributed by atoms with Gasteiger partial charge in [0.15, 0.2) is 0 Å². The summed E-state index contributed by atoms with van der Waals surface area (Å²) >= 11 is 0. The Morgan fingerprint density at radius 3 is 2.36 bits per heavy atom. The minimum Gasteiger partial charge on any atom is -0.491 e. The number of carbonyl (C=O) groups is 2. The Bertz CT molecular complexity index is 529. The standard InChI is InChI=1S/C15H18FNO5/c16-7-8-22-12-4-1-10(2-5-12)9-11(14(18)19)3-6-13(17)15(20)21/h1-2,4-5,11,17H,3,6-9H2,(H,18,19)(H,20,21)/t11-/m0/s1. The van der Waals surface area contributed by atoms with Crippen LogP contribution in [0.1, 0.15) is 18.4 Å². The van der Waals surface area contributed by atoms with Gasteiger partial charge in [-0.3, -0.25) is 10.2 Å². The van der Waals surface area contributed by atoms with Crippen LogP contribution in [0.5, 0.6) is 5.75 Å². The van der Waals surface area contributed by atoms with Crippen LogP contribution < -0.4 is 4.74 Å². The number of benzene rings is 1. The van der Waals surface area contributed by atoms with E-state index in [1.54, 1.807) is 24.3 Å². The number of nitrogens with one attached hydrogen (secondary N) is 1. The van der Waals surface area contributed by atoms with Gasteiger partial charge in [-0.15, -0.1) is 0 Å². The average molecular weight is 311 g/mol. The lowest BCUT2D eigenvalue weighted by Crippen LogP contribution is -2.20. The van der Waals surface area contributed by atoms with Crippen LogP contribution in [0.2, 0.25) is 0 Å². The number of rotatable bonds is 10. The number of ether oxygens (including phenoxy) is 1. The third kappa shape index (κ3) is 5.90. The fourth-order valence-corrected chi connectivity index (χ4v) is 1.90. The lowest BCUT2D eigenvalue weighted by atomic mass is 9.94. The van der Waals surface area contributed by atoms with E-state index in [0.717, 1.165) is 5.56 Å². The molecule has 6 nitrogen and oxygen atoms in total. The zero-order chi connectivity index (χ0) is 16.5. The van der Waals surface area contributed by atoms with Gasteiger partial charge >= 0.3 is 11.9 Å². The maximum absolute atomic E-state index is 12.0. The van der Waals surface area contributed by atoms with Crippen molar-refractivity contribution in [2.75, 3.05) is 13.3 Å². The highest BCUT2D eigenvalue weighted by atomic mass is 19.1. The molecule has 0 heterocycles. The van der Waals surface area contributed by atoms with Crippen molar-refractivity contribution >= 4 is 17.7 Å². The molecule has 1 rings (SSSR count). The maximum atomic E-state index is 12.0. The van der Waals surface area contributed by atoms with E-state index in [4.69, 9.17) is 15.3 Å². The van der Waals surface area contributed by atoms with Crippen LogP contribution in [0.25, 0.3) is 0 Å². The normalized spacial score (nSPS) is 11.7. The molecule has 0 unspecified atom stereocenters. The van der Waals surface area contributed by atoms with Gasteiger partial charge in [0.25, 0.3) is 0 Å². The second-order valence-electron chi connectivity index (χ2n) is 4.74. The lowest BCUT2D eigenvalue weighted by molar-refractivity contribution is -0.142. The number of carboxylic acids is 2. The number of hydrogen-bond donors (Lipinski definition) is 3. The molecule has 1 aromatic carbocycles. The van der Waals surface area contributed by atoms with E-state index in [1.807, 2.05) is 0 Å². The van der Waals surface area contributed by atoms with E-state index in [2.05, 4.69) is 0 Å². The van der Waals surface area contributed by atoms with Gasteiger partial charge < -0.3 is 14.9 Å². The van der Waals surface area contributed by atoms with Crippen molar-refractivity contribution < 1.29 is 28.9 Å². The Balaban J connectivity index is 2.61. The quantitative estimate of drug-likeness (QED) is 0.574. The van der Waals surface area contributed by atoms with Crippen molar-refractivity contribution in [1.82, 2.24) is 0 Å². The van der Waals surface area contributed by atoms with Gasteiger partial charge in [0.05, 0.1) is 5.92 Å². The molecule has 0 saturated carbocycles. The predicted octanol–water partition coefficient (Wildman–Crippen LogP) is 2.16. The minimum atomic E-state index is -1.33. The molecule has 0 fully saturated rings. The molecule has 1 atom stereocenters. The van der Waals surface area contributed by atoms with Crippen LogP contribution in [-0.2, 0) is 16.0 Å². The van der Waals surface area contributed by atoms with Crippen LogP contribution in [0.3, 0.4) is 0 Å². The van der Waals surface area contributed by atoms with Gasteiger partial charge in [-0.05, 0) is 37.0 Å². The van der Waals surface area contributed by atoms with E-state index in [1.165, 1.54) is 0 Å². The highest BCUT2D eigenvalue weighted by Gasteiger charge is 2.20. The topological polar surface area (TPSA) is 108 Å².